The Bertz CT molecular complexity index is 861. The van der Waals surface area contributed by atoms with Crippen LogP contribution in [0.15, 0.2) is 36.7 Å². The molecule has 1 saturated carbocycles. The lowest BCUT2D eigenvalue weighted by atomic mass is 9.93. The van der Waals surface area contributed by atoms with E-state index >= 15 is 0 Å². The fourth-order valence-electron chi connectivity index (χ4n) is 2.68. The van der Waals surface area contributed by atoms with E-state index in [9.17, 15) is 4.79 Å². The van der Waals surface area contributed by atoms with Crippen molar-refractivity contribution in [2.45, 2.75) is 32.2 Å². The molecule has 4 rings (SSSR count). The first-order chi connectivity index (χ1) is 11.7. The van der Waals surface area contributed by atoms with E-state index in [1.165, 1.54) is 26.2 Å². The summed E-state index contributed by atoms with van der Waals surface area (Å²) in [5.41, 5.74) is 2.42. The minimum Gasteiger partial charge on any atom is -0.436 e. The molecule has 1 aromatic carbocycles. The Labute approximate surface area is 138 Å². The number of aromatic nitrogens is 5. The van der Waals surface area contributed by atoms with Crippen LogP contribution >= 0.6 is 0 Å². The predicted octanol–water partition coefficient (Wildman–Crippen LogP) is 3.39. The van der Waals surface area contributed by atoms with Gasteiger partial charge in [0.1, 0.15) is 5.75 Å². The van der Waals surface area contributed by atoms with E-state index in [4.69, 9.17) is 4.74 Å². The average Bonchev–Trinajstić information content (AvgIpc) is 3.16. The third-order valence-corrected chi connectivity index (χ3v) is 4.32. The monoisotopic (exact) mass is 323 g/mol. The number of aromatic amines is 1. The van der Waals surface area contributed by atoms with Crippen LogP contribution in [0.1, 0.15) is 42.7 Å². The van der Waals surface area contributed by atoms with Gasteiger partial charge in [0.15, 0.2) is 11.5 Å². The number of carbonyl (C=O) groups is 1. The normalized spacial score (nSPS) is 14.4. The number of hydrogen-bond acceptors (Lipinski definition) is 5. The Balaban J connectivity index is 1.51. The first-order valence-electron chi connectivity index (χ1n) is 7.95. The molecule has 0 unspecified atom stereocenters. The molecule has 1 aliphatic rings. The number of ketones is 1. The second kappa shape index (κ2) is 5.92. The molecule has 0 amide bonds. The van der Waals surface area contributed by atoms with Crippen LogP contribution in [-0.2, 0) is 0 Å². The number of nitrogens with one attached hydrogen (secondary N) is 1. The van der Waals surface area contributed by atoms with Crippen LogP contribution in [0.25, 0.3) is 11.1 Å². The third-order valence-electron chi connectivity index (χ3n) is 4.32. The Morgan fingerprint density at radius 3 is 2.71 bits per heavy atom. The molecule has 0 bridgehead atoms. The quantitative estimate of drug-likeness (QED) is 0.727. The summed E-state index contributed by atoms with van der Waals surface area (Å²) in [6.45, 7) is 1.44. The molecule has 2 aromatic heterocycles. The predicted molar refractivity (Wildman–Crippen MR) is 87.0 cm³/mol. The van der Waals surface area contributed by atoms with Gasteiger partial charge < -0.3 is 4.74 Å². The highest BCUT2D eigenvalue weighted by molar-refractivity contribution is 5.94. The minimum atomic E-state index is -0.171. The molecular formula is C17H17N5O2. The van der Waals surface area contributed by atoms with Gasteiger partial charge in [0.2, 0.25) is 0 Å². The van der Waals surface area contributed by atoms with Crippen LogP contribution in [0.5, 0.6) is 11.6 Å². The zero-order valence-electron chi connectivity index (χ0n) is 13.3. The second-order valence-corrected chi connectivity index (χ2v) is 5.97. The first kappa shape index (κ1) is 14.6. The van der Waals surface area contributed by atoms with Crippen molar-refractivity contribution >= 4 is 5.78 Å². The van der Waals surface area contributed by atoms with Gasteiger partial charge in [-0.25, -0.2) is 0 Å². The van der Waals surface area contributed by atoms with Crippen LogP contribution in [0.3, 0.4) is 0 Å². The van der Waals surface area contributed by atoms with E-state index in [-0.39, 0.29) is 17.4 Å². The van der Waals surface area contributed by atoms with Crippen LogP contribution < -0.4 is 4.74 Å². The summed E-state index contributed by atoms with van der Waals surface area (Å²) in [6, 6.07) is 8.16. The van der Waals surface area contributed by atoms with Gasteiger partial charge in [-0.1, -0.05) is 22.4 Å². The number of hydrogen-bond donors (Lipinski definition) is 1. The molecule has 1 fully saturated rings. The summed E-state index contributed by atoms with van der Waals surface area (Å²) in [7, 11) is 0. The number of rotatable bonds is 5. The van der Waals surface area contributed by atoms with Crippen molar-refractivity contribution in [3.05, 3.63) is 42.4 Å². The summed E-state index contributed by atoms with van der Waals surface area (Å²) in [6.07, 6.45) is 7.69. The van der Waals surface area contributed by atoms with Gasteiger partial charge >= 0.3 is 0 Å². The maximum atomic E-state index is 11.4. The number of H-pyrrole nitrogens is 1. The SMILES string of the molecule is CC(=O)c1[nH]nnc1Oc1ccc(-c2cnn(C3CCC3)c2)cc1. The van der Waals surface area contributed by atoms with Crippen LogP contribution in [0, 0.1) is 0 Å². The lowest BCUT2D eigenvalue weighted by molar-refractivity contribution is 0.101. The molecular weight excluding hydrogens is 306 g/mol. The molecule has 0 spiro atoms. The molecule has 1 N–H and O–H groups in total. The third kappa shape index (κ3) is 2.68. The van der Waals surface area contributed by atoms with Crippen molar-refractivity contribution in [2.24, 2.45) is 0 Å². The molecule has 24 heavy (non-hydrogen) atoms. The Hall–Kier alpha value is -2.96. The Morgan fingerprint density at radius 1 is 1.25 bits per heavy atom. The van der Waals surface area contributed by atoms with Crippen molar-refractivity contribution < 1.29 is 9.53 Å². The fraction of sp³-hybridized carbons (Fsp3) is 0.294. The van der Waals surface area contributed by atoms with E-state index in [0.29, 0.717) is 11.8 Å². The highest BCUT2D eigenvalue weighted by atomic mass is 16.5. The zero-order chi connectivity index (χ0) is 16.5. The molecule has 122 valence electrons. The summed E-state index contributed by atoms with van der Waals surface area (Å²) in [4.78, 5) is 11.4. The van der Waals surface area contributed by atoms with Crippen molar-refractivity contribution in [1.82, 2.24) is 25.2 Å². The van der Waals surface area contributed by atoms with E-state index in [2.05, 4.69) is 31.4 Å². The highest BCUT2D eigenvalue weighted by Gasteiger charge is 2.20. The van der Waals surface area contributed by atoms with Gasteiger partial charge in [0.05, 0.1) is 12.2 Å². The van der Waals surface area contributed by atoms with E-state index < -0.39 is 0 Å². The van der Waals surface area contributed by atoms with E-state index in [1.54, 1.807) is 0 Å². The van der Waals surface area contributed by atoms with Gasteiger partial charge in [0, 0.05) is 18.7 Å². The van der Waals surface area contributed by atoms with Crippen molar-refractivity contribution in [2.75, 3.05) is 0 Å². The van der Waals surface area contributed by atoms with Crippen molar-refractivity contribution in [3.63, 3.8) is 0 Å². The van der Waals surface area contributed by atoms with E-state index in [1.807, 2.05) is 30.5 Å². The van der Waals surface area contributed by atoms with Gasteiger partial charge in [0.25, 0.3) is 5.88 Å². The fourth-order valence-corrected chi connectivity index (χ4v) is 2.68. The van der Waals surface area contributed by atoms with Crippen LogP contribution in [-0.4, -0.2) is 31.0 Å². The summed E-state index contributed by atoms with van der Waals surface area (Å²) >= 11 is 0. The summed E-state index contributed by atoms with van der Waals surface area (Å²) in [5, 5.41) is 14.4. The minimum absolute atomic E-state index is 0.171. The van der Waals surface area contributed by atoms with Crippen molar-refractivity contribution in [3.8, 4) is 22.8 Å². The first-order valence-corrected chi connectivity index (χ1v) is 7.95. The topological polar surface area (TPSA) is 85.7 Å². The Kier molecular flexibility index (Phi) is 3.60. The molecule has 0 aliphatic heterocycles. The average molecular weight is 323 g/mol. The van der Waals surface area contributed by atoms with Gasteiger partial charge in [-0.2, -0.15) is 5.10 Å². The summed E-state index contributed by atoms with van der Waals surface area (Å²) in [5.74, 6) is 0.615. The maximum absolute atomic E-state index is 11.4. The number of carbonyl (C=O) groups excluding carboxylic acids is 1. The number of benzene rings is 1. The molecule has 7 nitrogen and oxygen atoms in total. The van der Waals surface area contributed by atoms with Crippen LogP contribution in [0.4, 0.5) is 0 Å². The lowest BCUT2D eigenvalue weighted by Crippen LogP contribution is -2.16. The molecule has 3 aromatic rings. The standard InChI is InChI=1S/C17H17N5O2/c1-11(23)16-17(20-21-19-16)24-15-7-5-12(6-8-15)13-9-18-22(10-13)14-3-2-4-14/h5-10,14H,2-4H2,1H3,(H,19,20,21). The van der Waals surface area contributed by atoms with Gasteiger partial charge in [-0.15, -0.1) is 0 Å². The van der Waals surface area contributed by atoms with Gasteiger partial charge in [-0.05, 0) is 37.0 Å². The highest BCUT2D eigenvalue weighted by Crippen LogP contribution is 2.32. The number of nitrogens with zero attached hydrogens (tertiary/aromatic N) is 4. The molecule has 1 aliphatic carbocycles. The van der Waals surface area contributed by atoms with Crippen LogP contribution in [0.2, 0.25) is 0 Å². The molecule has 0 atom stereocenters. The van der Waals surface area contributed by atoms with Gasteiger partial charge in [-0.3, -0.25) is 14.6 Å². The largest absolute Gasteiger partial charge is 0.436 e. The number of ether oxygens (including phenoxy) is 1. The second-order valence-electron chi connectivity index (χ2n) is 5.97. The molecule has 0 radical (unpaired) electrons. The maximum Gasteiger partial charge on any atom is 0.269 e. The zero-order valence-corrected chi connectivity index (χ0v) is 13.3. The molecule has 2 heterocycles. The lowest BCUT2D eigenvalue weighted by Gasteiger charge is -2.25. The van der Waals surface area contributed by atoms with Crippen molar-refractivity contribution in [1.29, 1.82) is 0 Å². The van der Waals surface area contributed by atoms with E-state index in [0.717, 1.165) is 11.1 Å². The summed E-state index contributed by atoms with van der Waals surface area (Å²) < 4.78 is 7.68. The molecule has 0 saturated heterocycles. The Morgan fingerprint density at radius 2 is 2.04 bits per heavy atom. The number of Topliss-reactive ketones (excluding diaryl/α,β-unsaturated/α-hetero) is 1. The smallest absolute Gasteiger partial charge is 0.269 e. The molecule has 7 heteroatoms.